The fourth-order valence-corrected chi connectivity index (χ4v) is 2.52. The number of benzene rings is 1. The molecule has 0 fully saturated rings. The molecule has 0 unspecified atom stereocenters. The van der Waals surface area contributed by atoms with E-state index in [1.165, 1.54) is 30.2 Å². The van der Waals surface area contributed by atoms with Crippen LogP contribution in [0, 0.1) is 5.82 Å². The first-order chi connectivity index (χ1) is 9.33. The van der Waals surface area contributed by atoms with Crippen LogP contribution in [0.25, 0.3) is 0 Å². The van der Waals surface area contributed by atoms with Crippen molar-refractivity contribution in [2.75, 3.05) is 31.5 Å². The summed E-state index contributed by atoms with van der Waals surface area (Å²) in [6, 6.07) is 3.38. The average Bonchev–Trinajstić information content (AvgIpc) is 2.36. The van der Waals surface area contributed by atoms with Crippen molar-refractivity contribution in [1.82, 2.24) is 4.90 Å². The van der Waals surface area contributed by atoms with Crippen molar-refractivity contribution >= 4 is 22.5 Å². The Labute approximate surface area is 120 Å². The van der Waals surface area contributed by atoms with Gasteiger partial charge in [-0.05, 0) is 13.0 Å². The summed E-state index contributed by atoms with van der Waals surface area (Å²) in [4.78, 5) is 13.4. The summed E-state index contributed by atoms with van der Waals surface area (Å²) in [5, 5.41) is 2.58. The van der Waals surface area contributed by atoms with Crippen molar-refractivity contribution < 1.29 is 18.1 Å². The molecule has 0 heterocycles. The number of hydrogen-bond donors (Lipinski definition) is 1. The standard InChI is InChI=1S/C13H19FN2O3S/c1-9(8-20(4)18)16(2)13(17)15-11-5-10(14)6-12(7-11)19-3/h5-7,9H,8H2,1-4H3,(H,15,17)/t9-,20-/m1/s1. The molecule has 0 radical (unpaired) electrons. The molecule has 20 heavy (non-hydrogen) atoms. The minimum absolute atomic E-state index is 0.184. The van der Waals surface area contributed by atoms with Gasteiger partial charge in [0.2, 0.25) is 0 Å². The molecule has 1 rings (SSSR count). The van der Waals surface area contributed by atoms with E-state index in [2.05, 4.69) is 5.32 Å². The highest BCUT2D eigenvalue weighted by Gasteiger charge is 2.17. The molecule has 0 saturated carbocycles. The number of halogens is 1. The van der Waals surface area contributed by atoms with Crippen LogP contribution in [-0.2, 0) is 10.8 Å². The van der Waals surface area contributed by atoms with Gasteiger partial charge >= 0.3 is 6.03 Å². The molecule has 0 bridgehead atoms. The Kier molecular flexibility index (Phi) is 5.94. The van der Waals surface area contributed by atoms with E-state index >= 15 is 0 Å². The van der Waals surface area contributed by atoms with Crippen molar-refractivity contribution in [1.29, 1.82) is 0 Å². The molecule has 0 spiro atoms. The number of anilines is 1. The van der Waals surface area contributed by atoms with Crippen LogP contribution in [0.15, 0.2) is 18.2 Å². The van der Waals surface area contributed by atoms with Gasteiger partial charge < -0.3 is 15.0 Å². The van der Waals surface area contributed by atoms with Crippen molar-refractivity contribution in [3.63, 3.8) is 0 Å². The van der Waals surface area contributed by atoms with Crippen LogP contribution in [0.2, 0.25) is 0 Å². The lowest BCUT2D eigenvalue weighted by Gasteiger charge is -2.24. The van der Waals surface area contributed by atoms with Gasteiger partial charge in [0.05, 0.1) is 7.11 Å². The largest absolute Gasteiger partial charge is 0.497 e. The zero-order chi connectivity index (χ0) is 15.3. The number of nitrogens with zero attached hydrogens (tertiary/aromatic N) is 1. The van der Waals surface area contributed by atoms with Crippen LogP contribution in [0.3, 0.4) is 0 Å². The number of carbonyl (C=O) groups is 1. The first-order valence-corrected chi connectivity index (χ1v) is 7.74. The van der Waals surface area contributed by atoms with E-state index < -0.39 is 22.6 Å². The van der Waals surface area contributed by atoms with Gasteiger partial charge in [-0.1, -0.05) is 0 Å². The summed E-state index contributed by atoms with van der Waals surface area (Å²) in [5.41, 5.74) is 0.309. The number of amides is 2. The van der Waals surface area contributed by atoms with Gasteiger partial charge in [-0.15, -0.1) is 0 Å². The quantitative estimate of drug-likeness (QED) is 0.906. The molecule has 0 aliphatic heterocycles. The monoisotopic (exact) mass is 302 g/mol. The van der Waals surface area contributed by atoms with E-state index in [4.69, 9.17) is 4.74 Å². The molecular formula is C13H19FN2O3S. The van der Waals surface area contributed by atoms with Gasteiger partial charge in [0.25, 0.3) is 0 Å². The topological polar surface area (TPSA) is 58.6 Å². The number of rotatable bonds is 5. The highest BCUT2D eigenvalue weighted by atomic mass is 32.2. The maximum atomic E-state index is 13.3. The van der Waals surface area contributed by atoms with Gasteiger partial charge in [-0.25, -0.2) is 9.18 Å². The zero-order valence-electron chi connectivity index (χ0n) is 12.0. The first-order valence-electron chi connectivity index (χ1n) is 6.02. The molecule has 2 amide bonds. The fourth-order valence-electron chi connectivity index (χ4n) is 1.62. The number of urea groups is 1. The van der Waals surface area contributed by atoms with Crippen LogP contribution in [0.1, 0.15) is 6.92 Å². The third-order valence-electron chi connectivity index (χ3n) is 2.82. The fraction of sp³-hybridized carbons (Fsp3) is 0.462. The van der Waals surface area contributed by atoms with Crippen molar-refractivity contribution in [3.05, 3.63) is 24.0 Å². The van der Waals surface area contributed by atoms with E-state index in [1.54, 1.807) is 20.2 Å². The third-order valence-corrected chi connectivity index (χ3v) is 3.77. The molecule has 7 heteroatoms. The number of carbonyl (C=O) groups excluding carboxylic acids is 1. The van der Waals surface area contributed by atoms with Gasteiger partial charge in [-0.3, -0.25) is 4.21 Å². The molecule has 0 aromatic heterocycles. The second kappa shape index (κ2) is 7.23. The molecule has 112 valence electrons. The van der Waals surface area contributed by atoms with Crippen LogP contribution in [-0.4, -0.2) is 47.3 Å². The average molecular weight is 302 g/mol. The Hall–Kier alpha value is -1.63. The highest BCUT2D eigenvalue weighted by Crippen LogP contribution is 2.20. The summed E-state index contributed by atoms with van der Waals surface area (Å²) < 4.78 is 29.4. The molecular weight excluding hydrogens is 283 g/mol. The predicted octanol–water partition coefficient (Wildman–Crippen LogP) is 2.06. The molecule has 0 aliphatic carbocycles. The summed E-state index contributed by atoms with van der Waals surface area (Å²) in [7, 11) is 2.03. The number of methoxy groups -OCH3 is 1. The lowest BCUT2D eigenvalue weighted by molar-refractivity contribution is 0.212. The maximum absolute atomic E-state index is 13.3. The Morgan fingerprint density at radius 1 is 1.50 bits per heavy atom. The lowest BCUT2D eigenvalue weighted by atomic mass is 10.3. The summed E-state index contributed by atoms with van der Waals surface area (Å²) in [5.74, 6) is 0.215. The number of hydrogen-bond acceptors (Lipinski definition) is 3. The van der Waals surface area contributed by atoms with Crippen LogP contribution >= 0.6 is 0 Å². The van der Waals surface area contributed by atoms with E-state index in [0.717, 1.165) is 0 Å². The van der Waals surface area contributed by atoms with Crippen molar-refractivity contribution in [2.24, 2.45) is 0 Å². The summed E-state index contributed by atoms with van der Waals surface area (Å²) >= 11 is 0. The predicted molar refractivity (Wildman–Crippen MR) is 78.1 cm³/mol. The summed E-state index contributed by atoms with van der Waals surface area (Å²) in [6.45, 7) is 1.80. The molecule has 0 saturated heterocycles. The zero-order valence-corrected chi connectivity index (χ0v) is 12.8. The second-order valence-electron chi connectivity index (χ2n) is 4.51. The molecule has 1 aromatic carbocycles. The Balaban J connectivity index is 2.74. The molecule has 0 aliphatic rings. The smallest absolute Gasteiger partial charge is 0.321 e. The minimum atomic E-state index is -0.990. The third kappa shape index (κ3) is 4.80. The van der Waals surface area contributed by atoms with Gasteiger partial charge in [-0.2, -0.15) is 0 Å². The van der Waals surface area contributed by atoms with Gasteiger partial charge in [0.15, 0.2) is 0 Å². The maximum Gasteiger partial charge on any atom is 0.321 e. The first kappa shape index (κ1) is 16.4. The second-order valence-corrected chi connectivity index (χ2v) is 5.99. The SMILES string of the molecule is COc1cc(F)cc(NC(=O)N(C)[C@H](C)C[S@@](C)=O)c1. The Bertz CT molecular complexity index is 510. The number of ether oxygens (including phenoxy) is 1. The van der Waals surface area contributed by atoms with Crippen LogP contribution in [0.4, 0.5) is 14.9 Å². The van der Waals surface area contributed by atoms with E-state index in [-0.39, 0.29) is 6.04 Å². The van der Waals surface area contributed by atoms with E-state index in [0.29, 0.717) is 17.2 Å². The molecule has 1 aromatic rings. The van der Waals surface area contributed by atoms with E-state index in [1.807, 2.05) is 0 Å². The van der Waals surface area contributed by atoms with Gasteiger partial charge in [0, 0.05) is 53.7 Å². The van der Waals surface area contributed by atoms with E-state index in [9.17, 15) is 13.4 Å². The molecule has 5 nitrogen and oxygen atoms in total. The molecule has 2 atom stereocenters. The highest BCUT2D eigenvalue weighted by molar-refractivity contribution is 7.84. The normalized spacial score (nSPS) is 13.4. The van der Waals surface area contributed by atoms with Crippen molar-refractivity contribution in [3.8, 4) is 5.75 Å². The van der Waals surface area contributed by atoms with Gasteiger partial charge in [0.1, 0.15) is 11.6 Å². The Morgan fingerprint density at radius 3 is 2.70 bits per heavy atom. The molecule has 1 N–H and O–H groups in total. The number of nitrogens with one attached hydrogen (secondary N) is 1. The van der Waals surface area contributed by atoms with Crippen LogP contribution < -0.4 is 10.1 Å². The van der Waals surface area contributed by atoms with Crippen molar-refractivity contribution in [2.45, 2.75) is 13.0 Å². The lowest BCUT2D eigenvalue weighted by Crippen LogP contribution is -2.40. The van der Waals surface area contributed by atoms with Crippen LogP contribution in [0.5, 0.6) is 5.75 Å². The minimum Gasteiger partial charge on any atom is -0.497 e. The Morgan fingerprint density at radius 2 is 2.15 bits per heavy atom. The summed E-state index contributed by atoms with van der Waals surface area (Å²) in [6.07, 6.45) is 1.58.